The molecule has 0 saturated carbocycles. The Morgan fingerprint density at radius 1 is 1.56 bits per heavy atom. The van der Waals surface area contributed by atoms with Crippen molar-refractivity contribution in [3.63, 3.8) is 0 Å². The maximum Gasteiger partial charge on any atom is 0.309 e. The van der Waals surface area contributed by atoms with E-state index in [9.17, 15) is 4.79 Å². The van der Waals surface area contributed by atoms with Gasteiger partial charge in [-0.25, -0.2) is 0 Å². The molecule has 3 nitrogen and oxygen atoms in total. The Labute approximate surface area is 98.2 Å². The van der Waals surface area contributed by atoms with Gasteiger partial charge in [-0.05, 0) is 39.2 Å². The largest absolute Gasteiger partial charge is 0.469 e. The van der Waals surface area contributed by atoms with Gasteiger partial charge in [0.25, 0.3) is 0 Å². The third kappa shape index (κ3) is 3.97. The molecule has 0 aromatic rings. The highest BCUT2D eigenvalue weighted by atomic mass is 16.5. The number of methoxy groups -OCH3 is 1. The van der Waals surface area contributed by atoms with Crippen molar-refractivity contribution in [1.29, 1.82) is 0 Å². The number of hydrogen-bond acceptors (Lipinski definition) is 3. The molecule has 0 radical (unpaired) electrons. The van der Waals surface area contributed by atoms with Gasteiger partial charge in [-0.1, -0.05) is 18.6 Å². The van der Waals surface area contributed by atoms with Gasteiger partial charge in [-0.2, -0.15) is 0 Å². The van der Waals surface area contributed by atoms with E-state index in [-0.39, 0.29) is 17.9 Å². The van der Waals surface area contributed by atoms with Crippen molar-refractivity contribution in [2.45, 2.75) is 45.6 Å². The lowest BCUT2D eigenvalue weighted by Gasteiger charge is -2.19. The highest BCUT2D eigenvalue weighted by Crippen LogP contribution is 2.19. The number of carbonyl (C=O) groups excluding carboxylic acids is 1. The van der Waals surface area contributed by atoms with Crippen molar-refractivity contribution in [3.05, 3.63) is 11.6 Å². The number of allylic oxidation sites excluding steroid dienone is 1. The Balaban J connectivity index is 2.18. The summed E-state index contributed by atoms with van der Waals surface area (Å²) in [4.78, 5) is 11.3. The Kier molecular flexibility index (Phi) is 5.53. The molecule has 1 rings (SSSR count). The van der Waals surface area contributed by atoms with Gasteiger partial charge in [-0.15, -0.1) is 0 Å². The summed E-state index contributed by atoms with van der Waals surface area (Å²) in [5.41, 5.74) is 1.56. The number of hydrogen-bond donors (Lipinski definition) is 1. The van der Waals surface area contributed by atoms with Crippen molar-refractivity contribution >= 4 is 5.97 Å². The lowest BCUT2D eigenvalue weighted by atomic mass is 10.0. The van der Waals surface area contributed by atoms with E-state index in [4.69, 9.17) is 4.74 Å². The van der Waals surface area contributed by atoms with Crippen LogP contribution in [-0.2, 0) is 9.53 Å². The van der Waals surface area contributed by atoms with E-state index in [1.807, 2.05) is 13.8 Å². The van der Waals surface area contributed by atoms with Crippen molar-refractivity contribution in [1.82, 2.24) is 5.32 Å². The van der Waals surface area contributed by atoms with Crippen molar-refractivity contribution in [3.8, 4) is 0 Å². The summed E-state index contributed by atoms with van der Waals surface area (Å²) in [6.45, 7) is 4.89. The van der Waals surface area contributed by atoms with Gasteiger partial charge in [-0.3, -0.25) is 4.79 Å². The Hall–Kier alpha value is -0.830. The van der Waals surface area contributed by atoms with Crippen molar-refractivity contribution < 1.29 is 9.53 Å². The fourth-order valence-corrected chi connectivity index (χ4v) is 1.99. The number of rotatable bonds is 6. The molecule has 1 aliphatic rings. The van der Waals surface area contributed by atoms with Crippen LogP contribution >= 0.6 is 0 Å². The molecule has 0 aromatic carbocycles. The van der Waals surface area contributed by atoms with E-state index in [0.717, 1.165) is 13.0 Å². The maximum absolute atomic E-state index is 11.3. The first-order valence-corrected chi connectivity index (χ1v) is 6.14. The summed E-state index contributed by atoms with van der Waals surface area (Å²) in [6.07, 6.45) is 7.25. The first-order valence-electron chi connectivity index (χ1n) is 6.14. The molecular weight excluding hydrogens is 202 g/mol. The van der Waals surface area contributed by atoms with Gasteiger partial charge in [0, 0.05) is 6.04 Å². The molecule has 16 heavy (non-hydrogen) atoms. The molecule has 92 valence electrons. The van der Waals surface area contributed by atoms with Crippen LogP contribution in [0, 0.1) is 5.92 Å². The van der Waals surface area contributed by atoms with E-state index in [2.05, 4.69) is 11.4 Å². The Morgan fingerprint density at radius 2 is 2.31 bits per heavy atom. The lowest BCUT2D eigenvalue weighted by Crippen LogP contribution is -2.37. The summed E-state index contributed by atoms with van der Waals surface area (Å²) in [6, 6.07) is 0.175. The summed E-state index contributed by atoms with van der Waals surface area (Å²) in [7, 11) is 1.44. The fourth-order valence-electron chi connectivity index (χ4n) is 1.99. The monoisotopic (exact) mass is 225 g/mol. The predicted octanol–water partition coefficient (Wildman–Crippen LogP) is 2.27. The molecule has 0 spiro atoms. The first kappa shape index (κ1) is 13.2. The summed E-state index contributed by atoms with van der Waals surface area (Å²) < 4.78 is 4.72. The Bertz CT molecular complexity index is 261. The SMILES string of the molecule is COC(=O)C(C)C(C)NCCC1=CCCC1. The third-order valence-electron chi connectivity index (χ3n) is 3.37. The van der Waals surface area contributed by atoms with Crippen LogP contribution in [0.15, 0.2) is 11.6 Å². The average Bonchev–Trinajstić information content (AvgIpc) is 2.79. The fraction of sp³-hybridized carbons (Fsp3) is 0.769. The molecule has 0 saturated heterocycles. The van der Waals surface area contributed by atoms with Crippen LogP contribution < -0.4 is 5.32 Å². The predicted molar refractivity (Wildman–Crippen MR) is 65.2 cm³/mol. The maximum atomic E-state index is 11.3. The molecule has 0 bridgehead atoms. The zero-order valence-corrected chi connectivity index (χ0v) is 10.6. The van der Waals surface area contributed by atoms with Gasteiger partial charge in [0.05, 0.1) is 13.0 Å². The van der Waals surface area contributed by atoms with E-state index in [1.54, 1.807) is 5.57 Å². The molecule has 0 aromatic heterocycles. The molecule has 3 heteroatoms. The lowest BCUT2D eigenvalue weighted by molar-refractivity contribution is -0.145. The molecule has 1 N–H and O–H groups in total. The Morgan fingerprint density at radius 3 is 2.88 bits per heavy atom. The number of esters is 1. The van der Waals surface area contributed by atoms with E-state index >= 15 is 0 Å². The van der Waals surface area contributed by atoms with Gasteiger partial charge >= 0.3 is 5.97 Å². The summed E-state index contributed by atoms with van der Waals surface area (Å²) in [5.74, 6) is -0.220. The third-order valence-corrected chi connectivity index (χ3v) is 3.37. The molecule has 0 heterocycles. The minimum absolute atomic E-state index is 0.0810. The zero-order valence-electron chi connectivity index (χ0n) is 10.6. The second-order valence-corrected chi connectivity index (χ2v) is 4.56. The van der Waals surface area contributed by atoms with Crippen molar-refractivity contribution in [2.24, 2.45) is 5.92 Å². The highest BCUT2D eigenvalue weighted by Gasteiger charge is 2.20. The van der Waals surface area contributed by atoms with E-state index in [0.29, 0.717) is 0 Å². The van der Waals surface area contributed by atoms with Crippen LogP contribution in [0.5, 0.6) is 0 Å². The van der Waals surface area contributed by atoms with Gasteiger partial charge < -0.3 is 10.1 Å². The molecular formula is C13H23NO2. The van der Waals surface area contributed by atoms with Crippen LogP contribution in [0.1, 0.15) is 39.5 Å². The summed E-state index contributed by atoms with van der Waals surface area (Å²) >= 11 is 0. The van der Waals surface area contributed by atoms with E-state index < -0.39 is 0 Å². The molecule has 0 aliphatic heterocycles. The second-order valence-electron chi connectivity index (χ2n) is 4.56. The van der Waals surface area contributed by atoms with Crippen LogP contribution in [0.25, 0.3) is 0 Å². The second kappa shape index (κ2) is 6.69. The molecule has 1 aliphatic carbocycles. The van der Waals surface area contributed by atoms with Crippen LogP contribution in [0.2, 0.25) is 0 Å². The normalized spacial score (nSPS) is 19.1. The molecule has 0 fully saturated rings. The highest BCUT2D eigenvalue weighted by molar-refractivity contribution is 5.72. The standard InChI is InChI=1S/C13H23NO2/c1-10(13(15)16-3)11(2)14-9-8-12-6-4-5-7-12/h6,10-11,14H,4-5,7-9H2,1-3H3. The van der Waals surface area contributed by atoms with Crippen LogP contribution in [-0.4, -0.2) is 25.7 Å². The summed E-state index contributed by atoms with van der Waals surface area (Å²) in [5, 5.41) is 3.38. The minimum Gasteiger partial charge on any atom is -0.469 e. The first-order chi connectivity index (χ1) is 7.65. The smallest absolute Gasteiger partial charge is 0.309 e. The molecule has 0 amide bonds. The van der Waals surface area contributed by atoms with Crippen molar-refractivity contribution in [2.75, 3.05) is 13.7 Å². The molecule has 2 unspecified atom stereocenters. The minimum atomic E-state index is -0.139. The van der Waals surface area contributed by atoms with Gasteiger partial charge in [0.15, 0.2) is 0 Å². The molecule has 2 atom stereocenters. The topological polar surface area (TPSA) is 38.3 Å². The number of carbonyl (C=O) groups is 1. The van der Waals surface area contributed by atoms with Crippen LogP contribution in [0.3, 0.4) is 0 Å². The number of ether oxygens (including phenoxy) is 1. The quantitative estimate of drug-likeness (QED) is 0.556. The zero-order chi connectivity index (χ0) is 12.0. The van der Waals surface area contributed by atoms with Crippen LogP contribution in [0.4, 0.5) is 0 Å². The average molecular weight is 225 g/mol. The van der Waals surface area contributed by atoms with Gasteiger partial charge in [0.2, 0.25) is 0 Å². The number of nitrogens with one attached hydrogen (secondary N) is 1. The van der Waals surface area contributed by atoms with E-state index in [1.165, 1.54) is 26.4 Å². The van der Waals surface area contributed by atoms with Gasteiger partial charge in [0.1, 0.15) is 0 Å².